The second-order valence-electron chi connectivity index (χ2n) is 9.20. The molecule has 7 rings (SSSR count). The van der Waals surface area contributed by atoms with Crippen molar-refractivity contribution in [3.8, 4) is 11.1 Å². The number of rotatable bonds is 4. The Balaban J connectivity index is 1.24. The van der Waals surface area contributed by atoms with Crippen LogP contribution in [-0.4, -0.2) is 62.8 Å². The summed E-state index contributed by atoms with van der Waals surface area (Å²) in [6.45, 7) is 6.85. The highest BCUT2D eigenvalue weighted by Gasteiger charge is 2.35. The number of morpholine rings is 1. The van der Waals surface area contributed by atoms with Gasteiger partial charge in [-0.25, -0.2) is 0 Å². The summed E-state index contributed by atoms with van der Waals surface area (Å²) in [6, 6.07) is 17.5. The Bertz CT molecular complexity index is 1110. The zero-order valence-corrected chi connectivity index (χ0v) is 19.1. The van der Waals surface area contributed by atoms with Crippen molar-refractivity contribution in [3.05, 3.63) is 53.4 Å². The summed E-state index contributed by atoms with van der Waals surface area (Å²) < 4.78 is 6.66. The van der Waals surface area contributed by atoms with Gasteiger partial charge >= 0.3 is 0 Å². The Morgan fingerprint density at radius 3 is 2.50 bits per heavy atom. The molecule has 0 spiro atoms. The summed E-state index contributed by atoms with van der Waals surface area (Å²) in [4.78, 5) is 18.8. The molecule has 4 fully saturated rings. The topological polar surface area (TPSA) is 44.8 Å². The molecule has 0 saturated carbocycles. The fourth-order valence-electron chi connectivity index (χ4n) is 5.44. The van der Waals surface area contributed by atoms with Gasteiger partial charge in [0.15, 0.2) is 0 Å². The van der Waals surface area contributed by atoms with E-state index in [0.717, 1.165) is 43.1 Å². The van der Waals surface area contributed by atoms with Crippen LogP contribution in [0.5, 0.6) is 0 Å². The Kier molecular flexibility index (Phi) is 5.37. The molecular formula is C26H29N3O2S. The number of piperidine rings is 3. The number of hydrogen-bond donors (Lipinski definition) is 1. The molecule has 1 atom stereocenters. The molecule has 4 aliphatic heterocycles. The van der Waals surface area contributed by atoms with Crippen molar-refractivity contribution in [2.75, 3.05) is 50.8 Å². The van der Waals surface area contributed by atoms with Crippen LogP contribution in [0.2, 0.25) is 0 Å². The van der Waals surface area contributed by atoms with Crippen LogP contribution in [0, 0.1) is 5.92 Å². The molecule has 3 aromatic rings. The molecule has 0 aliphatic carbocycles. The lowest BCUT2D eigenvalue weighted by atomic mass is 9.84. The smallest absolute Gasteiger partial charge is 0.261 e. The molecule has 2 bridgehead atoms. The number of amides is 1. The molecule has 166 valence electrons. The first-order valence-electron chi connectivity index (χ1n) is 11.7. The van der Waals surface area contributed by atoms with Crippen molar-refractivity contribution in [1.82, 2.24) is 10.2 Å². The van der Waals surface area contributed by atoms with Gasteiger partial charge in [0.25, 0.3) is 5.91 Å². The number of anilines is 1. The molecule has 5 heterocycles. The van der Waals surface area contributed by atoms with E-state index in [9.17, 15) is 4.79 Å². The van der Waals surface area contributed by atoms with Crippen molar-refractivity contribution >= 4 is 33.0 Å². The van der Waals surface area contributed by atoms with E-state index in [0.29, 0.717) is 12.0 Å². The number of carbonyl (C=O) groups is 1. The third-order valence-corrected chi connectivity index (χ3v) is 8.48. The van der Waals surface area contributed by atoms with Gasteiger partial charge in [-0.15, -0.1) is 11.3 Å². The van der Waals surface area contributed by atoms with Crippen LogP contribution in [0.1, 0.15) is 22.5 Å². The van der Waals surface area contributed by atoms with Crippen LogP contribution in [-0.2, 0) is 4.74 Å². The van der Waals surface area contributed by atoms with Crippen LogP contribution in [0.15, 0.2) is 48.5 Å². The molecule has 4 saturated heterocycles. The van der Waals surface area contributed by atoms with Crippen LogP contribution in [0.3, 0.4) is 0 Å². The molecular weight excluding hydrogens is 418 g/mol. The molecule has 4 aliphatic rings. The molecule has 0 unspecified atom stereocenters. The SMILES string of the molecule is O=C(N[C@H]1CN2CCC1CC2)c1cc2cccc(-c3ccc(N4CCOCC4)cc3)c2s1. The fraction of sp³-hybridized carbons (Fsp3) is 0.423. The number of nitrogens with one attached hydrogen (secondary N) is 1. The molecule has 1 N–H and O–H groups in total. The van der Waals surface area contributed by atoms with E-state index in [1.54, 1.807) is 11.3 Å². The second kappa shape index (κ2) is 8.50. The van der Waals surface area contributed by atoms with E-state index in [-0.39, 0.29) is 5.91 Å². The first-order chi connectivity index (χ1) is 15.7. The Morgan fingerprint density at radius 1 is 1.00 bits per heavy atom. The zero-order valence-electron chi connectivity index (χ0n) is 18.3. The Labute approximate surface area is 193 Å². The standard InChI is InChI=1S/C26H29N3O2S/c30-26(27-23-17-28-10-8-19(23)9-11-28)24-16-20-2-1-3-22(25(20)32-24)18-4-6-21(7-5-18)29-12-14-31-15-13-29/h1-7,16,19,23H,8-15,17H2,(H,27,30)/t23-/m0/s1. The number of hydrogen-bond acceptors (Lipinski definition) is 5. The average molecular weight is 448 g/mol. The van der Waals surface area contributed by atoms with E-state index in [4.69, 9.17) is 4.74 Å². The molecule has 1 amide bonds. The highest BCUT2D eigenvalue weighted by molar-refractivity contribution is 7.21. The monoisotopic (exact) mass is 447 g/mol. The summed E-state index contributed by atoms with van der Waals surface area (Å²) in [5, 5.41) is 4.49. The fourth-order valence-corrected chi connectivity index (χ4v) is 6.54. The van der Waals surface area contributed by atoms with Gasteiger partial charge in [0, 0.05) is 36.1 Å². The van der Waals surface area contributed by atoms with Gasteiger partial charge in [-0.1, -0.05) is 30.3 Å². The average Bonchev–Trinajstić information content (AvgIpc) is 3.30. The van der Waals surface area contributed by atoms with E-state index < -0.39 is 0 Å². The second-order valence-corrected chi connectivity index (χ2v) is 10.3. The van der Waals surface area contributed by atoms with Crippen molar-refractivity contribution in [1.29, 1.82) is 0 Å². The highest BCUT2D eigenvalue weighted by atomic mass is 32.1. The molecule has 6 heteroatoms. The summed E-state index contributed by atoms with van der Waals surface area (Å²) in [5.74, 6) is 0.720. The van der Waals surface area contributed by atoms with E-state index in [2.05, 4.69) is 63.6 Å². The van der Waals surface area contributed by atoms with E-state index in [1.807, 2.05) is 0 Å². The molecule has 32 heavy (non-hydrogen) atoms. The largest absolute Gasteiger partial charge is 0.378 e. The van der Waals surface area contributed by atoms with Crippen molar-refractivity contribution < 1.29 is 9.53 Å². The normalized spacial score (nSPS) is 25.2. The molecule has 5 nitrogen and oxygen atoms in total. The van der Waals surface area contributed by atoms with E-state index in [1.165, 1.54) is 47.4 Å². The maximum atomic E-state index is 13.1. The maximum Gasteiger partial charge on any atom is 0.261 e. The lowest BCUT2D eigenvalue weighted by molar-refractivity contribution is 0.0622. The van der Waals surface area contributed by atoms with Gasteiger partial charge in [0.1, 0.15) is 0 Å². The first kappa shape index (κ1) is 20.2. The minimum absolute atomic E-state index is 0.0820. The van der Waals surface area contributed by atoms with Gasteiger partial charge in [0.05, 0.1) is 18.1 Å². The van der Waals surface area contributed by atoms with Gasteiger partial charge < -0.3 is 19.9 Å². The summed E-state index contributed by atoms with van der Waals surface area (Å²) in [7, 11) is 0. The predicted molar refractivity (Wildman–Crippen MR) is 131 cm³/mol. The third kappa shape index (κ3) is 3.81. The van der Waals surface area contributed by atoms with Gasteiger partial charge in [-0.3, -0.25) is 4.79 Å². The summed E-state index contributed by atoms with van der Waals surface area (Å²) in [5.41, 5.74) is 3.63. The lowest BCUT2D eigenvalue weighted by Gasteiger charge is -2.44. The van der Waals surface area contributed by atoms with Crippen LogP contribution >= 0.6 is 11.3 Å². The summed E-state index contributed by atoms with van der Waals surface area (Å²) in [6.07, 6.45) is 2.42. The predicted octanol–water partition coefficient (Wildman–Crippen LogP) is 4.23. The third-order valence-electron chi connectivity index (χ3n) is 7.30. The van der Waals surface area contributed by atoms with Crippen LogP contribution < -0.4 is 10.2 Å². The lowest BCUT2D eigenvalue weighted by Crippen LogP contribution is -2.57. The number of ether oxygens (including phenoxy) is 1. The number of benzene rings is 2. The highest BCUT2D eigenvalue weighted by Crippen LogP contribution is 2.36. The quantitative estimate of drug-likeness (QED) is 0.650. The number of fused-ring (bicyclic) bond motifs is 4. The van der Waals surface area contributed by atoms with Crippen molar-refractivity contribution in [3.63, 3.8) is 0 Å². The maximum absolute atomic E-state index is 13.1. The summed E-state index contributed by atoms with van der Waals surface area (Å²) >= 11 is 1.62. The zero-order chi connectivity index (χ0) is 21.5. The number of nitrogens with zero attached hydrogens (tertiary/aromatic N) is 2. The first-order valence-corrected chi connectivity index (χ1v) is 12.6. The Morgan fingerprint density at radius 2 is 1.78 bits per heavy atom. The van der Waals surface area contributed by atoms with Crippen molar-refractivity contribution in [2.45, 2.75) is 18.9 Å². The number of carbonyl (C=O) groups excluding carboxylic acids is 1. The van der Waals surface area contributed by atoms with Crippen molar-refractivity contribution in [2.24, 2.45) is 5.92 Å². The molecule has 2 aromatic carbocycles. The minimum atomic E-state index is 0.0820. The molecule has 1 aromatic heterocycles. The van der Waals surface area contributed by atoms with Gasteiger partial charge in [-0.2, -0.15) is 0 Å². The number of thiophene rings is 1. The molecule has 0 radical (unpaired) electrons. The van der Waals surface area contributed by atoms with E-state index >= 15 is 0 Å². The van der Waals surface area contributed by atoms with Gasteiger partial charge in [0.2, 0.25) is 0 Å². The van der Waals surface area contributed by atoms with Crippen LogP contribution in [0.4, 0.5) is 5.69 Å². The Hall–Kier alpha value is -2.41. The van der Waals surface area contributed by atoms with Gasteiger partial charge in [-0.05, 0) is 66.6 Å². The minimum Gasteiger partial charge on any atom is -0.378 e. The van der Waals surface area contributed by atoms with Crippen LogP contribution in [0.25, 0.3) is 21.2 Å².